The molecule has 0 radical (unpaired) electrons. The minimum Gasteiger partial charge on any atom is -0.394 e. The van der Waals surface area contributed by atoms with Gasteiger partial charge in [0.15, 0.2) is 0 Å². The minimum absolute atomic E-state index is 0.0405. The molecule has 1 amide bonds. The molecular weight excluding hydrogens is 274 g/mol. The van der Waals surface area contributed by atoms with Gasteiger partial charge in [-0.05, 0) is 25.7 Å². The zero-order valence-electron chi connectivity index (χ0n) is 14.6. The maximum Gasteiger partial charge on any atom is 0.220 e. The summed E-state index contributed by atoms with van der Waals surface area (Å²) in [6.07, 6.45) is 12.5. The van der Waals surface area contributed by atoms with Gasteiger partial charge in [-0.3, -0.25) is 4.79 Å². The summed E-state index contributed by atoms with van der Waals surface area (Å²) in [6.45, 7) is 4.29. The van der Waals surface area contributed by atoms with Crippen molar-refractivity contribution in [1.82, 2.24) is 5.32 Å². The predicted octanol–water partition coefficient (Wildman–Crippen LogP) is 4.19. The van der Waals surface area contributed by atoms with Crippen LogP contribution in [0.15, 0.2) is 0 Å². The number of amides is 1. The highest BCUT2D eigenvalue weighted by Gasteiger charge is 2.09. The molecule has 0 aliphatic rings. The Labute approximate surface area is 137 Å². The number of aliphatic hydroxyl groups is 1. The van der Waals surface area contributed by atoms with Crippen molar-refractivity contribution >= 4 is 5.91 Å². The average Bonchev–Trinajstić information content (AvgIpc) is 2.52. The molecule has 2 N–H and O–H groups in total. The molecule has 0 aromatic rings. The van der Waals surface area contributed by atoms with Crippen LogP contribution >= 0.6 is 0 Å². The maximum atomic E-state index is 11.7. The zero-order valence-corrected chi connectivity index (χ0v) is 14.6. The molecule has 0 aliphatic carbocycles. The number of carbonyl (C=O) groups is 1. The standard InChI is InChI=1S/C19H35NO2/c1-3-5-6-7-8-9-10-11-12-13-14-16-19(22)20-18(17-21)15-4-2/h18,21H,3-6,9-17H2,1-2H3,(H,20,22). The minimum atomic E-state index is -0.0659. The summed E-state index contributed by atoms with van der Waals surface area (Å²) in [5.74, 6) is 6.52. The van der Waals surface area contributed by atoms with Crippen LogP contribution in [0.1, 0.15) is 90.9 Å². The largest absolute Gasteiger partial charge is 0.394 e. The second-order valence-corrected chi connectivity index (χ2v) is 5.96. The smallest absolute Gasteiger partial charge is 0.220 e. The van der Waals surface area contributed by atoms with Crippen LogP contribution < -0.4 is 5.32 Å². The van der Waals surface area contributed by atoms with Gasteiger partial charge in [-0.25, -0.2) is 0 Å². The summed E-state index contributed by atoms with van der Waals surface area (Å²) in [6, 6.07) is -0.0659. The first kappa shape index (κ1) is 21.0. The van der Waals surface area contributed by atoms with E-state index < -0.39 is 0 Å². The van der Waals surface area contributed by atoms with Gasteiger partial charge in [0.25, 0.3) is 0 Å². The Kier molecular flexibility index (Phi) is 15.6. The Morgan fingerprint density at radius 2 is 1.59 bits per heavy atom. The van der Waals surface area contributed by atoms with Gasteiger partial charge in [-0.1, -0.05) is 46.0 Å². The van der Waals surface area contributed by atoms with Crippen molar-refractivity contribution in [2.75, 3.05) is 6.61 Å². The van der Waals surface area contributed by atoms with Crippen molar-refractivity contribution in [3.8, 4) is 11.8 Å². The van der Waals surface area contributed by atoms with Gasteiger partial charge in [0.1, 0.15) is 0 Å². The fourth-order valence-electron chi connectivity index (χ4n) is 2.33. The van der Waals surface area contributed by atoms with Crippen LogP contribution in [0.25, 0.3) is 0 Å². The molecule has 0 rings (SSSR count). The van der Waals surface area contributed by atoms with Gasteiger partial charge in [0, 0.05) is 19.3 Å². The molecule has 0 saturated heterocycles. The SMILES string of the molecule is CCCCC#CCCCCCCCC(=O)NC(CO)CCC. The first-order valence-electron chi connectivity index (χ1n) is 9.10. The average molecular weight is 309 g/mol. The van der Waals surface area contributed by atoms with Gasteiger partial charge in [0.05, 0.1) is 12.6 Å². The number of carbonyl (C=O) groups excluding carboxylic acids is 1. The summed E-state index contributed by atoms with van der Waals surface area (Å²) in [5.41, 5.74) is 0. The fourth-order valence-corrected chi connectivity index (χ4v) is 2.33. The van der Waals surface area contributed by atoms with Crippen molar-refractivity contribution in [2.45, 2.75) is 96.9 Å². The molecule has 128 valence electrons. The molecule has 0 aromatic heterocycles. The third kappa shape index (κ3) is 13.9. The number of nitrogens with one attached hydrogen (secondary N) is 1. The Bertz CT molecular complexity index is 317. The Morgan fingerprint density at radius 1 is 0.955 bits per heavy atom. The third-order valence-corrected chi connectivity index (χ3v) is 3.71. The number of hydrogen-bond acceptors (Lipinski definition) is 2. The molecule has 1 atom stereocenters. The van der Waals surface area contributed by atoms with Gasteiger partial charge < -0.3 is 10.4 Å². The number of rotatable bonds is 13. The first-order valence-corrected chi connectivity index (χ1v) is 9.10. The highest BCUT2D eigenvalue weighted by atomic mass is 16.3. The van der Waals surface area contributed by atoms with E-state index in [9.17, 15) is 4.79 Å². The second kappa shape index (κ2) is 16.4. The van der Waals surface area contributed by atoms with E-state index in [2.05, 4.69) is 31.0 Å². The van der Waals surface area contributed by atoms with E-state index >= 15 is 0 Å². The van der Waals surface area contributed by atoms with Crippen molar-refractivity contribution < 1.29 is 9.90 Å². The van der Waals surface area contributed by atoms with E-state index in [1.54, 1.807) is 0 Å². The topological polar surface area (TPSA) is 49.3 Å². The van der Waals surface area contributed by atoms with E-state index in [1.165, 1.54) is 32.1 Å². The molecule has 3 heteroatoms. The number of aliphatic hydroxyl groups excluding tert-OH is 1. The van der Waals surface area contributed by atoms with E-state index in [4.69, 9.17) is 5.11 Å². The second-order valence-electron chi connectivity index (χ2n) is 5.96. The lowest BCUT2D eigenvalue weighted by Gasteiger charge is -2.15. The van der Waals surface area contributed by atoms with Crippen LogP contribution in [0, 0.1) is 11.8 Å². The summed E-state index contributed by atoms with van der Waals surface area (Å²) in [4.78, 5) is 11.7. The highest BCUT2D eigenvalue weighted by Crippen LogP contribution is 2.07. The molecule has 22 heavy (non-hydrogen) atoms. The first-order chi connectivity index (χ1) is 10.7. The molecule has 0 fully saturated rings. The molecule has 1 unspecified atom stereocenters. The van der Waals surface area contributed by atoms with Crippen LogP contribution in [-0.2, 0) is 4.79 Å². The van der Waals surface area contributed by atoms with Gasteiger partial charge >= 0.3 is 0 Å². The molecule has 0 aromatic carbocycles. The molecule has 3 nitrogen and oxygen atoms in total. The maximum absolute atomic E-state index is 11.7. The Morgan fingerprint density at radius 3 is 2.23 bits per heavy atom. The van der Waals surface area contributed by atoms with Crippen molar-refractivity contribution in [2.24, 2.45) is 0 Å². The lowest BCUT2D eigenvalue weighted by molar-refractivity contribution is -0.122. The fraction of sp³-hybridized carbons (Fsp3) is 0.842. The van der Waals surface area contributed by atoms with Crippen LogP contribution in [0.2, 0.25) is 0 Å². The molecule has 0 saturated carbocycles. The summed E-state index contributed by atoms with van der Waals surface area (Å²) >= 11 is 0. The Hall–Kier alpha value is -1.01. The Balaban J connectivity index is 3.41. The molecule has 0 heterocycles. The lowest BCUT2D eigenvalue weighted by Crippen LogP contribution is -2.37. The van der Waals surface area contributed by atoms with Gasteiger partial charge in [0.2, 0.25) is 5.91 Å². The third-order valence-electron chi connectivity index (χ3n) is 3.71. The molecule has 0 bridgehead atoms. The molecule has 0 spiro atoms. The van der Waals surface area contributed by atoms with Crippen LogP contribution in [0.3, 0.4) is 0 Å². The monoisotopic (exact) mass is 309 g/mol. The zero-order chi connectivity index (χ0) is 16.5. The van der Waals surface area contributed by atoms with E-state index in [0.29, 0.717) is 6.42 Å². The molecule has 0 aliphatic heterocycles. The van der Waals surface area contributed by atoms with Crippen LogP contribution in [-0.4, -0.2) is 23.7 Å². The van der Waals surface area contributed by atoms with Crippen molar-refractivity contribution in [3.63, 3.8) is 0 Å². The van der Waals surface area contributed by atoms with Crippen LogP contribution in [0.4, 0.5) is 0 Å². The van der Waals surface area contributed by atoms with Crippen molar-refractivity contribution in [3.05, 3.63) is 0 Å². The quantitative estimate of drug-likeness (QED) is 0.396. The summed E-state index contributed by atoms with van der Waals surface area (Å²) in [7, 11) is 0. The summed E-state index contributed by atoms with van der Waals surface area (Å²) < 4.78 is 0. The molecular formula is C19H35NO2. The van der Waals surface area contributed by atoms with Crippen LogP contribution in [0.5, 0.6) is 0 Å². The predicted molar refractivity (Wildman–Crippen MR) is 93.5 cm³/mol. The van der Waals surface area contributed by atoms with Gasteiger partial charge in [-0.2, -0.15) is 0 Å². The van der Waals surface area contributed by atoms with E-state index in [0.717, 1.165) is 38.5 Å². The number of hydrogen-bond donors (Lipinski definition) is 2. The normalized spacial score (nSPS) is 11.6. The van der Waals surface area contributed by atoms with E-state index in [1.807, 2.05) is 0 Å². The summed E-state index contributed by atoms with van der Waals surface area (Å²) in [5, 5.41) is 12.0. The van der Waals surface area contributed by atoms with Crippen molar-refractivity contribution in [1.29, 1.82) is 0 Å². The lowest BCUT2D eigenvalue weighted by atomic mass is 10.1. The van der Waals surface area contributed by atoms with Gasteiger partial charge in [-0.15, -0.1) is 11.8 Å². The van der Waals surface area contributed by atoms with E-state index in [-0.39, 0.29) is 18.6 Å². The number of unbranched alkanes of at least 4 members (excludes halogenated alkanes) is 7. The highest BCUT2D eigenvalue weighted by molar-refractivity contribution is 5.76.